The van der Waals surface area contributed by atoms with Crippen LogP contribution >= 0.6 is 22.8 Å². The summed E-state index contributed by atoms with van der Waals surface area (Å²) in [6.45, 7) is 3.03. The van der Waals surface area contributed by atoms with E-state index in [1.807, 2.05) is 6.92 Å². The maximum absolute atomic E-state index is 12.0. The summed E-state index contributed by atoms with van der Waals surface area (Å²) in [5.41, 5.74) is 0. The Kier molecular flexibility index (Phi) is 8.83. The van der Waals surface area contributed by atoms with Crippen LogP contribution in [0, 0.1) is 0 Å². The van der Waals surface area contributed by atoms with Crippen molar-refractivity contribution in [3.63, 3.8) is 0 Å². The van der Waals surface area contributed by atoms with E-state index in [0.717, 1.165) is 19.3 Å². The van der Waals surface area contributed by atoms with Crippen molar-refractivity contribution in [2.24, 2.45) is 0 Å². The molecule has 0 aliphatic heterocycles. The van der Waals surface area contributed by atoms with Gasteiger partial charge in [-0.25, -0.2) is 4.31 Å². The van der Waals surface area contributed by atoms with Gasteiger partial charge in [-0.1, -0.05) is 19.8 Å². The van der Waals surface area contributed by atoms with Crippen LogP contribution in [-0.2, 0) is 18.0 Å². The molecule has 0 radical (unpaired) electrons. The molecule has 0 fully saturated rings. The molecule has 0 saturated heterocycles. The standard InChI is InChI=1S/C10H26NO9P3/c1-4-5-6-8-11(2)9-7-10(12,22(15,16)17)23(18,19)20-21(3,13)14/h12H,4-9H2,1-3H3,(H,13,14)(H,18,19)(H2,15,16,17). The highest BCUT2D eigenvalue weighted by molar-refractivity contribution is 7.76. The van der Waals surface area contributed by atoms with E-state index in [-0.39, 0.29) is 6.54 Å². The highest BCUT2D eigenvalue weighted by Gasteiger charge is 2.62. The lowest BCUT2D eigenvalue weighted by atomic mass is 10.2. The topological polar surface area (TPSA) is 165 Å². The fourth-order valence-corrected chi connectivity index (χ4v) is 6.39. The van der Waals surface area contributed by atoms with Crippen LogP contribution in [0.3, 0.4) is 0 Å². The monoisotopic (exact) mass is 397 g/mol. The lowest BCUT2D eigenvalue weighted by Gasteiger charge is -2.33. The van der Waals surface area contributed by atoms with Gasteiger partial charge in [-0.05, 0) is 20.0 Å². The second-order valence-electron chi connectivity index (χ2n) is 5.48. The number of unbranched alkanes of at least 4 members (excludes halogenated alkanes) is 2. The second kappa shape index (κ2) is 8.68. The maximum Gasteiger partial charge on any atom is 0.379 e. The van der Waals surface area contributed by atoms with E-state index in [4.69, 9.17) is 4.89 Å². The SMILES string of the molecule is CCCCCN(C)CCC(O)(P(=O)(O)O)P(=O)(O)OP(C)(=O)O. The molecule has 13 heteroatoms. The Morgan fingerprint density at radius 2 is 1.57 bits per heavy atom. The molecule has 0 aromatic carbocycles. The summed E-state index contributed by atoms with van der Waals surface area (Å²) >= 11 is 0. The molecule has 23 heavy (non-hydrogen) atoms. The summed E-state index contributed by atoms with van der Waals surface area (Å²) in [5.74, 6) is 0. The molecule has 0 rings (SSSR count). The molecule has 0 heterocycles. The highest BCUT2D eigenvalue weighted by Crippen LogP contribution is 2.75. The molecule has 140 valence electrons. The zero-order valence-corrected chi connectivity index (χ0v) is 16.1. The Hall–Kier alpha value is 0.410. The summed E-state index contributed by atoms with van der Waals surface area (Å²) in [7, 11) is -13.9. The van der Waals surface area contributed by atoms with Crippen LogP contribution in [0.25, 0.3) is 0 Å². The van der Waals surface area contributed by atoms with E-state index in [0.29, 0.717) is 13.2 Å². The van der Waals surface area contributed by atoms with E-state index in [9.17, 15) is 33.5 Å². The van der Waals surface area contributed by atoms with Gasteiger partial charge < -0.3 is 29.6 Å². The van der Waals surface area contributed by atoms with Crippen LogP contribution in [-0.4, -0.2) is 61.5 Å². The molecule has 0 aliphatic rings. The van der Waals surface area contributed by atoms with Gasteiger partial charge in [0, 0.05) is 19.6 Å². The van der Waals surface area contributed by atoms with Gasteiger partial charge in [-0.15, -0.1) is 0 Å². The van der Waals surface area contributed by atoms with Crippen molar-refractivity contribution < 1.29 is 42.7 Å². The summed E-state index contributed by atoms with van der Waals surface area (Å²) in [6.07, 6.45) is 1.93. The maximum atomic E-state index is 12.0. The molecule has 0 aromatic heterocycles. The van der Waals surface area contributed by atoms with Crippen LogP contribution < -0.4 is 0 Å². The predicted molar refractivity (Wildman–Crippen MR) is 85.3 cm³/mol. The molecule has 10 nitrogen and oxygen atoms in total. The van der Waals surface area contributed by atoms with Gasteiger partial charge >= 0.3 is 22.8 Å². The number of aliphatic hydroxyl groups is 1. The van der Waals surface area contributed by atoms with Gasteiger partial charge in [0.15, 0.2) is 0 Å². The minimum Gasteiger partial charge on any atom is -0.367 e. The molecule has 0 spiro atoms. The van der Waals surface area contributed by atoms with Gasteiger partial charge in [0.25, 0.3) is 5.08 Å². The number of rotatable bonds is 11. The molecule has 3 atom stereocenters. The van der Waals surface area contributed by atoms with Crippen molar-refractivity contribution in [1.29, 1.82) is 0 Å². The van der Waals surface area contributed by atoms with Crippen molar-refractivity contribution in [3.8, 4) is 0 Å². The zero-order chi connectivity index (χ0) is 18.5. The molecule has 0 bridgehead atoms. The highest BCUT2D eigenvalue weighted by atomic mass is 31.3. The summed E-state index contributed by atoms with van der Waals surface area (Å²) in [4.78, 5) is 38.8. The molecular weight excluding hydrogens is 371 g/mol. The average Bonchev–Trinajstić information content (AvgIpc) is 2.31. The lowest BCUT2D eigenvalue weighted by molar-refractivity contribution is 0.113. The minimum atomic E-state index is -5.52. The largest absolute Gasteiger partial charge is 0.379 e. The molecule has 0 aliphatic carbocycles. The van der Waals surface area contributed by atoms with Gasteiger partial charge in [0.1, 0.15) is 0 Å². The number of hydrogen-bond donors (Lipinski definition) is 5. The van der Waals surface area contributed by atoms with Crippen molar-refractivity contribution >= 4 is 22.8 Å². The Balaban J connectivity index is 5.19. The second-order valence-corrected chi connectivity index (χ2v) is 11.7. The first kappa shape index (κ1) is 23.4. The molecule has 5 N–H and O–H groups in total. The number of hydrogen-bond acceptors (Lipinski definition) is 6. The van der Waals surface area contributed by atoms with Crippen LogP contribution in [0.4, 0.5) is 0 Å². The Morgan fingerprint density at radius 1 is 1.04 bits per heavy atom. The van der Waals surface area contributed by atoms with Crippen LogP contribution in [0.2, 0.25) is 0 Å². The normalized spacial score (nSPS) is 20.7. The van der Waals surface area contributed by atoms with E-state index < -0.39 is 34.3 Å². The van der Waals surface area contributed by atoms with E-state index in [2.05, 4.69) is 4.31 Å². The third kappa shape index (κ3) is 7.45. The van der Waals surface area contributed by atoms with Gasteiger partial charge in [0.2, 0.25) is 0 Å². The first-order valence-corrected chi connectivity index (χ1v) is 12.2. The Labute approximate surface area is 135 Å². The zero-order valence-electron chi connectivity index (χ0n) is 13.4. The van der Waals surface area contributed by atoms with Crippen LogP contribution in [0.15, 0.2) is 0 Å². The summed E-state index contributed by atoms with van der Waals surface area (Å²) in [6, 6.07) is 0. The van der Waals surface area contributed by atoms with E-state index in [1.165, 1.54) is 0 Å². The predicted octanol–water partition coefficient (Wildman–Crippen LogP) is 1.34. The molecule has 0 aromatic rings. The third-order valence-corrected chi connectivity index (χ3v) is 9.08. The first-order chi connectivity index (χ1) is 10.2. The smallest absolute Gasteiger partial charge is 0.367 e. The van der Waals surface area contributed by atoms with Gasteiger partial charge in [-0.3, -0.25) is 13.7 Å². The van der Waals surface area contributed by atoms with Crippen molar-refractivity contribution in [2.75, 3.05) is 26.8 Å². The van der Waals surface area contributed by atoms with Crippen LogP contribution in [0.5, 0.6) is 0 Å². The fourth-order valence-electron chi connectivity index (χ4n) is 1.81. The fraction of sp³-hybridized carbons (Fsp3) is 1.00. The van der Waals surface area contributed by atoms with Gasteiger partial charge in [0.05, 0.1) is 0 Å². The number of nitrogens with zero attached hydrogens (tertiary/aromatic N) is 1. The van der Waals surface area contributed by atoms with E-state index >= 15 is 0 Å². The van der Waals surface area contributed by atoms with E-state index in [1.54, 1.807) is 11.9 Å². The van der Waals surface area contributed by atoms with Crippen LogP contribution in [0.1, 0.15) is 32.6 Å². The average molecular weight is 397 g/mol. The molecular formula is C10H26NO9P3. The molecule has 0 amide bonds. The minimum absolute atomic E-state index is 0.112. The van der Waals surface area contributed by atoms with Crippen molar-refractivity contribution in [1.82, 2.24) is 4.90 Å². The lowest BCUT2D eigenvalue weighted by Crippen LogP contribution is -2.34. The summed E-state index contributed by atoms with van der Waals surface area (Å²) < 4.78 is 38.7. The third-order valence-electron chi connectivity index (χ3n) is 3.15. The first-order valence-electron chi connectivity index (χ1n) is 6.97. The molecule has 3 unspecified atom stereocenters. The Bertz CT molecular complexity index is 516. The van der Waals surface area contributed by atoms with Crippen molar-refractivity contribution in [2.45, 2.75) is 37.7 Å². The van der Waals surface area contributed by atoms with Gasteiger partial charge in [-0.2, -0.15) is 0 Å². The van der Waals surface area contributed by atoms with Crippen molar-refractivity contribution in [3.05, 3.63) is 0 Å². The molecule has 0 saturated carbocycles. The summed E-state index contributed by atoms with van der Waals surface area (Å²) in [5, 5.41) is 6.65. The Morgan fingerprint density at radius 3 is 1.96 bits per heavy atom. The quantitative estimate of drug-likeness (QED) is 0.254.